The van der Waals surface area contributed by atoms with E-state index < -0.39 is 0 Å². The fraction of sp³-hybridized carbons (Fsp3) is 0.615. The van der Waals surface area contributed by atoms with E-state index in [4.69, 9.17) is 0 Å². The van der Waals surface area contributed by atoms with Gasteiger partial charge in [-0.25, -0.2) is 0 Å². The third-order valence-electron chi connectivity index (χ3n) is 2.51. The van der Waals surface area contributed by atoms with Gasteiger partial charge in [-0.2, -0.15) is 0 Å². The minimum absolute atomic E-state index is 0.0286. The first-order valence-electron chi connectivity index (χ1n) is 5.72. The first-order chi connectivity index (χ1) is 7.42. The topological polar surface area (TPSA) is 29.1 Å². The van der Waals surface area contributed by atoms with E-state index in [0.29, 0.717) is 18.9 Å². The lowest BCUT2D eigenvalue weighted by molar-refractivity contribution is -0.122. The summed E-state index contributed by atoms with van der Waals surface area (Å²) < 4.78 is 0. The van der Waals surface area contributed by atoms with Crippen LogP contribution in [-0.4, -0.2) is 12.5 Å². The average molecular weight is 239 g/mol. The van der Waals surface area contributed by atoms with Crippen molar-refractivity contribution in [2.24, 2.45) is 5.92 Å². The highest BCUT2D eigenvalue weighted by molar-refractivity contribution is 7.10. The van der Waals surface area contributed by atoms with E-state index >= 15 is 0 Å². The monoisotopic (exact) mass is 239 g/mol. The molecule has 1 heterocycles. The van der Waals surface area contributed by atoms with Crippen molar-refractivity contribution in [3.63, 3.8) is 0 Å². The van der Waals surface area contributed by atoms with Gasteiger partial charge in [0.15, 0.2) is 0 Å². The summed E-state index contributed by atoms with van der Waals surface area (Å²) in [6.07, 6.45) is 0.612. The van der Waals surface area contributed by atoms with E-state index in [1.165, 1.54) is 4.88 Å². The predicted octanol–water partition coefficient (Wildman–Crippen LogP) is 3.19. The van der Waals surface area contributed by atoms with E-state index in [-0.39, 0.29) is 11.3 Å². The molecule has 0 bridgehead atoms. The molecular formula is C13H21NOS. The van der Waals surface area contributed by atoms with Crippen LogP contribution >= 0.6 is 11.3 Å². The highest BCUT2D eigenvalue weighted by atomic mass is 32.1. The second-order valence-electron chi connectivity index (χ2n) is 5.24. The van der Waals surface area contributed by atoms with Crippen molar-refractivity contribution in [3.05, 3.63) is 22.4 Å². The van der Waals surface area contributed by atoms with E-state index in [0.717, 1.165) is 0 Å². The van der Waals surface area contributed by atoms with Crippen LogP contribution in [-0.2, 0) is 10.2 Å². The summed E-state index contributed by atoms with van der Waals surface area (Å²) in [5.74, 6) is 0.574. The minimum Gasteiger partial charge on any atom is -0.355 e. The summed E-state index contributed by atoms with van der Waals surface area (Å²) in [6, 6.07) is 4.18. The Morgan fingerprint density at radius 2 is 2.19 bits per heavy atom. The number of amides is 1. The van der Waals surface area contributed by atoms with Gasteiger partial charge in [0, 0.05) is 23.3 Å². The van der Waals surface area contributed by atoms with Gasteiger partial charge in [0.1, 0.15) is 0 Å². The molecule has 0 atom stereocenters. The van der Waals surface area contributed by atoms with E-state index in [1.54, 1.807) is 11.3 Å². The molecule has 0 unspecified atom stereocenters. The van der Waals surface area contributed by atoms with Crippen LogP contribution in [0.1, 0.15) is 39.0 Å². The molecule has 16 heavy (non-hydrogen) atoms. The highest BCUT2D eigenvalue weighted by Gasteiger charge is 2.22. The Balaban J connectivity index is 2.45. The number of hydrogen-bond acceptors (Lipinski definition) is 2. The molecule has 0 saturated heterocycles. The Bertz CT molecular complexity index is 328. The van der Waals surface area contributed by atoms with Crippen molar-refractivity contribution < 1.29 is 4.79 Å². The van der Waals surface area contributed by atoms with Crippen molar-refractivity contribution in [3.8, 4) is 0 Å². The van der Waals surface area contributed by atoms with E-state index in [2.05, 4.69) is 50.5 Å². The Kier molecular flexibility index (Phi) is 4.54. The van der Waals surface area contributed by atoms with E-state index in [1.807, 2.05) is 0 Å². The van der Waals surface area contributed by atoms with Gasteiger partial charge in [-0.3, -0.25) is 4.79 Å². The predicted molar refractivity (Wildman–Crippen MR) is 69.8 cm³/mol. The quantitative estimate of drug-likeness (QED) is 0.840. The molecule has 0 aromatic carbocycles. The number of carbonyl (C=O) groups excluding carboxylic acids is 1. The zero-order valence-corrected chi connectivity index (χ0v) is 11.4. The number of hydrogen-bond donors (Lipinski definition) is 1. The summed E-state index contributed by atoms with van der Waals surface area (Å²) in [5, 5.41) is 5.09. The molecule has 1 rings (SSSR count). The van der Waals surface area contributed by atoms with Crippen LogP contribution in [0.15, 0.2) is 17.5 Å². The van der Waals surface area contributed by atoms with Gasteiger partial charge in [-0.15, -0.1) is 11.3 Å². The first kappa shape index (κ1) is 13.2. The van der Waals surface area contributed by atoms with Crippen LogP contribution in [0, 0.1) is 5.92 Å². The number of rotatable bonds is 5. The summed E-state index contributed by atoms with van der Waals surface area (Å²) >= 11 is 1.74. The normalized spacial score (nSPS) is 11.8. The molecule has 1 aromatic heterocycles. The maximum atomic E-state index is 11.6. The number of nitrogens with one attached hydrogen (secondary N) is 1. The van der Waals surface area contributed by atoms with Crippen molar-refractivity contribution in [1.82, 2.24) is 5.32 Å². The highest BCUT2D eigenvalue weighted by Crippen LogP contribution is 2.26. The maximum Gasteiger partial charge on any atom is 0.220 e. The molecule has 0 aliphatic carbocycles. The Hall–Kier alpha value is -0.830. The first-order valence-corrected chi connectivity index (χ1v) is 6.60. The van der Waals surface area contributed by atoms with Crippen LogP contribution in [0.25, 0.3) is 0 Å². The van der Waals surface area contributed by atoms with Crippen molar-refractivity contribution in [2.45, 2.75) is 39.5 Å². The second-order valence-corrected chi connectivity index (χ2v) is 6.18. The van der Waals surface area contributed by atoms with Crippen LogP contribution in [0.2, 0.25) is 0 Å². The molecule has 90 valence electrons. The molecule has 0 spiro atoms. The third-order valence-corrected chi connectivity index (χ3v) is 3.75. The molecule has 1 aromatic rings. The summed E-state index contributed by atoms with van der Waals surface area (Å²) in [4.78, 5) is 12.9. The molecule has 2 nitrogen and oxygen atoms in total. The number of thiophene rings is 1. The van der Waals surface area contributed by atoms with Gasteiger partial charge in [-0.05, 0) is 17.4 Å². The second kappa shape index (κ2) is 5.48. The largest absolute Gasteiger partial charge is 0.355 e. The standard InChI is InChI=1S/C13H21NOS/c1-10(2)8-12(15)14-9-13(3,4)11-6-5-7-16-11/h5-7,10H,8-9H2,1-4H3,(H,14,15). The molecule has 3 heteroatoms. The van der Waals surface area contributed by atoms with Crippen LogP contribution in [0.4, 0.5) is 0 Å². The van der Waals surface area contributed by atoms with Gasteiger partial charge in [0.05, 0.1) is 0 Å². The van der Waals surface area contributed by atoms with Crippen molar-refractivity contribution in [1.29, 1.82) is 0 Å². The molecule has 0 radical (unpaired) electrons. The maximum absolute atomic E-state index is 11.6. The molecule has 0 aliphatic heterocycles. The zero-order valence-electron chi connectivity index (χ0n) is 10.5. The van der Waals surface area contributed by atoms with Gasteiger partial charge >= 0.3 is 0 Å². The van der Waals surface area contributed by atoms with Gasteiger partial charge in [-0.1, -0.05) is 33.8 Å². The van der Waals surface area contributed by atoms with Crippen LogP contribution < -0.4 is 5.32 Å². The van der Waals surface area contributed by atoms with Crippen molar-refractivity contribution >= 4 is 17.2 Å². The lowest BCUT2D eigenvalue weighted by atomic mass is 9.91. The third kappa shape index (κ3) is 3.97. The molecule has 0 fully saturated rings. The van der Waals surface area contributed by atoms with Gasteiger partial charge < -0.3 is 5.32 Å². The summed E-state index contributed by atoms with van der Waals surface area (Å²) in [7, 11) is 0. The minimum atomic E-state index is 0.0286. The zero-order chi connectivity index (χ0) is 12.2. The Morgan fingerprint density at radius 1 is 1.50 bits per heavy atom. The SMILES string of the molecule is CC(C)CC(=O)NCC(C)(C)c1cccs1. The molecular weight excluding hydrogens is 218 g/mol. The van der Waals surface area contributed by atoms with Crippen molar-refractivity contribution in [2.75, 3.05) is 6.54 Å². The Labute approximate surface area is 102 Å². The lowest BCUT2D eigenvalue weighted by Gasteiger charge is -2.23. The summed E-state index contributed by atoms with van der Waals surface area (Å²) in [6.45, 7) is 9.15. The smallest absolute Gasteiger partial charge is 0.220 e. The lowest BCUT2D eigenvalue weighted by Crippen LogP contribution is -2.36. The van der Waals surface area contributed by atoms with Gasteiger partial charge in [0.25, 0.3) is 0 Å². The molecule has 1 N–H and O–H groups in total. The number of carbonyl (C=O) groups is 1. The fourth-order valence-corrected chi connectivity index (χ4v) is 2.37. The molecule has 0 saturated carbocycles. The Morgan fingerprint density at radius 3 is 2.69 bits per heavy atom. The summed E-state index contributed by atoms with van der Waals surface area (Å²) in [5.41, 5.74) is 0.0286. The van der Waals surface area contributed by atoms with Gasteiger partial charge in [0.2, 0.25) is 5.91 Å². The van der Waals surface area contributed by atoms with Crippen LogP contribution in [0.5, 0.6) is 0 Å². The van der Waals surface area contributed by atoms with Crippen LogP contribution in [0.3, 0.4) is 0 Å². The molecule has 1 amide bonds. The fourth-order valence-electron chi connectivity index (χ4n) is 1.51. The average Bonchev–Trinajstić information content (AvgIpc) is 2.67. The molecule has 0 aliphatic rings. The van der Waals surface area contributed by atoms with E-state index in [9.17, 15) is 4.79 Å².